The van der Waals surface area contributed by atoms with Crippen molar-refractivity contribution in [2.75, 3.05) is 11.1 Å². The number of hydrogen-bond acceptors (Lipinski definition) is 4. The second kappa shape index (κ2) is 9.77. The van der Waals surface area contributed by atoms with Crippen LogP contribution in [0.1, 0.15) is 48.9 Å². The molecule has 1 N–H and O–H groups in total. The molecule has 0 radical (unpaired) electrons. The molecule has 2 aromatic carbocycles. The fourth-order valence-corrected chi connectivity index (χ4v) is 4.80. The van der Waals surface area contributed by atoms with E-state index in [1.165, 1.54) is 36.6 Å². The van der Waals surface area contributed by atoms with Crippen molar-refractivity contribution in [2.24, 2.45) is 0 Å². The van der Waals surface area contributed by atoms with Crippen LogP contribution in [0.15, 0.2) is 53.6 Å². The van der Waals surface area contributed by atoms with E-state index in [2.05, 4.69) is 17.5 Å². The Morgan fingerprint density at radius 3 is 2.67 bits per heavy atom. The summed E-state index contributed by atoms with van der Waals surface area (Å²) in [7, 11) is 0. The van der Waals surface area contributed by atoms with E-state index in [4.69, 9.17) is 4.98 Å². The summed E-state index contributed by atoms with van der Waals surface area (Å²) in [6, 6.07) is 18.3. The van der Waals surface area contributed by atoms with Crippen molar-refractivity contribution in [3.05, 3.63) is 65.4 Å². The zero-order valence-electron chi connectivity index (χ0n) is 17.0. The molecule has 0 atom stereocenters. The molecule has 4 nitrogen and oxygen atoms in total. The van der Waals surface area contributed by atoms with Crippen LogP contribution in [0.25, 0.3) is 10.8 Å². The number of rotatable bonds is 5. The summed E-state index contributed by atoms with van der Waals surface area (Å²) in [6.45, 7) is 0. The molecule has 1 aliphatic carbocycles. The highest BCUT2D eigenvalue weighted by Crippen LogP contribution is 2.27. The fourth-order valence-electron chi connectivity index (χ4n) is 3.89. The van der Waals surface area contributed by atoms with E-state index < -0.39 is 0 Å². The molecule has 0 saturated heterocycles. The third-order valence-electron chi connectivity index (χ3n) is 5.49. The summed E-state index contributed by atoms with van der Waals surface area (Å²) in [4.78, 5) is 17.2. The van der Waals surface area contributed by atoms with Crippen molar-refractivity contribution in [1.29, 1.82) is 5.26 Å². The van der Waals surface area contributed by atoms with E-state index in [0.29, 0.717) is 17.7 Å². The highest BCUT2D eigenvalue weighted by molar-refractivity contribution is 7.99. The van der Waals surface area contributed by atoms with Gasteiger partial charge in [0, 0.05) is 23.6 Å². The van der Waals surface area contributed by atoms with Gasteiger partial charge in [-0.1, -0.05) is 43.2 Å². The fraction of sp³-hybridized carbons (Fsp3) is 0.320. The van der Waals surface area contributed by atoms with Gasteiger partial charge in [-0.2, -0.15) is 5.26 Å². The normalized spacial score (nSPS) is 13.7. The lowest BCUT2D eigenvalue weighted by molar-refractivity contribution is -0.115. The first-order valence-electron chi connectivity index (χ1n) is 10.6. The Bertz CT molecular complexity index is 1100. The van der Waals surface area contributed by atoms with Gasteiger partial charge >= 0.3 is 0 Å². The van der Waals surface area contributed by atoms with Gasteiger partial charge in [-0.05, 0) is 60.2 Å². The quantitative estimate of drug-likeness (QED) is 0.528. The van der Waals surface area contributed by atoms with E-state index in [-0.39, 0.29) is 5.91 Å². The molecule has 1 heterocycles. The van der Waals surface area contributed by atoms with Crippen LogP contribution < -0.4 is 5.32 Å². The maximum Gasteiger partial charge on any atom is 0.225 e. The van der Waals surface area contributed by atoms with Gasteiger partial charge in [0.25, 0.3) is 0 Å². The molecular weight excluding hydrogens is 390 g/mol. The lowest BCUT2D eigenvalue weighted by Gasteiger charge is -2.15. The molecule has 5 heteroatoms. The van der Waals surface area contributed by atoms with Gasteiger partial charge in [0.2, 0.25) is 5.91 Å². The summed E-state index contributed by atoms with van der Waals surface area (Å²) in [6.07, 6.45) is 7.20. The van der Waals surface area contributed by atoms with E-state index in [1.54, 1.807) is 0 Å². The molecule has 0 bridgehead atoms. The molecule has 0 aliphatic heterocycles. The Labute approximate surface area is 181 Å². The predicted octanol–water partition coefficient (Wildman–Crippen LogP) is 5.89. The van der Waals surface area contributed by atoms with Crippen molar-refractivity contribution in [3.8, 4) is 6.07 Å². The van der Waals surface area contributed by atoms with E-state index in [9.17, 15) is 10.1 Å². The molecule has 0 saturated carbocycles. The number of fused-ring (bicyclic) bond motifs is 2. The summed E-state index contributed by atoms with van der Waals surface area (Å²) in [5.41, 5.74) is 3.80. The first kappa shape index (κ1) is 20.4. The number of carbonyl (C=O) groups excluding carboxylic acids is 1. The van der Waals surface area contributed by atoms with Gasteiger partial charge in [0.15, 0.2) is 0 Å². The number of thioether (sulfide) groups is 1. The van der Waals surface area contributed by atoms with Gasteiger partial charge in [-0.15, -0.1) is 11.8 Å². The van der Waals surface area contributed by atoms with Crippen molar-refractivity contribution < 1.29 is 4.79 Å². The Hall–Kier alpha value is -2.84. The van der Waals surface area contributed by atoms with Crippen molar-refractivity contribution in [1.82, 2.24) is 4.98 Å². The largest absolute Gasteiger partial charge is 0.326 e. The lowest BCUT2D eigenvalue weighted by atomic mass is 9.96. The number of amides is 1. The summed E-state index contributed by atoms with van der Waals surface area (Å²) >= 11 is 1.50. The number of hydrogen-bond donors (Lipinski definition) is 1. The van der Waals surface area contributed by atoms with E-state index in [0.717, 1.165) is 46.4 Å². The third-order valence-corrected chi connectivity index (χ3v) is 6.48. The van der Waals surface area contributed by atoms with Crippen LogP contribution in [0, 0.1) is 11.3 Å². The molecule has 1 aliphatic rings. The average molecular weight is 416 g/mol. The molecule has 1 aromatic heterocycles. The second-order valence-corrected chi connectivity index (χ2v) is 8.77. The van der Waals surface area contributed by atoms with Crippen LogP contribution in [0.5, 0.6) is 0 Å². The maximum absolute atomic E-state index is 12.4. The minimum absolute atomic E-state index is 0.0254. The zero-order valence-corrected chi connectivity index (χ0v) is 17.8. The van der Waals surface area contributed by atoms with Crippen LogP contribution in [-0.4, -0.2) is 16.6 Å². The van der Waals surface area contributed by atoms with Gasteiger partial charge in [0.1, 0.15) is 11.1 Å². The highest BCUT2D eigenvalue weighted by atomic mass is 32.2. The molecular formula is C25H25N3OS. The minimum atomic E-state index is -0.0254. The molecule has 0 spiro atoms. The Kier molecular flexibility index (Phi) is 6.66. The smallest absolute Gasteiger partial charge is 0.225 e. The van der Waals surface area contributed by atoms with Crippen LogP contribution in [-0.2, 0) is 17.6 Å². The number of carbonyl (C=O) groups is 1. The first-order chi connectivity index (χ1) is 14.7. The number of aryl methyl sites for hydroxylation is 2. The van der Waals surface area contributed by atoms with Crippen LogP contribution in [0.4, 0.5) is 5.69 Å². The molecule has 0 fully saturated rings. The lowest BCUT2D eigenvalue weighted by Crippen LogP contribution is -2.12. The summed E-state index contributed by atoms with van der Waals surface area (Å²) in [5.74, 6) is 0.572. The van der Waals surface area contributed by atoms with E-state index >= 15 is 0 Å². The minimum Gasteiger partial charge on any atom is -0.326 e. The summed E-state index contributed by atoms with van der Waals surface area (Å²) in [5, 5.41) is 15.5. The first-order valence-corrected chi connectivity index (χ1v) is 11.6. The van der Waals surface area contributed by atoms with Gasteiger partial charge in [-0.3, -0.25) is 4.79 Å². The van der Waals surface area contributed by atoms with Crippen molar-refractivity contribution in [3.63, 3.8) is 0 Å². The van der Waals surface area contributed by atoms with Crippen LogP contribution in [0.2, 0.25) is 0 Å². The number of anilines is 1. The predicted molar refractivity (Wildman–Crippen MR) is 123 cm³/mol. The number of pyridine rings is 1. The third kappa shape index (κ3) is 5.01. The number of aromatic nitrogens is 1. The standard InChI is InChI=1S/C25H25N3OS/c26-17-21-15-20-9-3-1-2-4-10-23(20)28-25(21)30-14-13-24(29)27-22-12-11-18-7-5-6-8-19(18)16-22/h5-8,11-12,15-16H,1-4,9-10,13-14H2,(H,27,29). The molecule has 30 heavy (non-hydrogen) atoms. The van der Waals surface area contributed by atoms with Gasteiger partial charge < -0.3 is 5.32 Å². The Morgan fingerprint density at radius 1 is 1.03 bits per heavy atom. The van der Waals surface area contributed by atoms with Crippen molar-refractivity contribution in [2.45, 2.75) is 50.0 Å². The Morgan fingerprint density at radius 2 is 1.83 bits per heavy atom. The van der Waals surface area contributed by atoms with Gasteiger partial charge in [0.05, 0.1) is 5.56 Å². The molecule has 0 unspecified atom stereocenters. The highest BCUT2D eigenvalue weighted by Gasteiger charge is 2.14. The maximum atomic E-state index is 12.4. The number of nitrogens with zero attached hydrogens (tertiary/aromatic N) is 2. The van der Waals surface area contributed by atoms with Crippen LogP contribution >= 0.6 is 11.8 Å². The number of nitrogens with one attached hydrogen (secondary N) is 1. The molecule has 152 valence electrons. The van der Waals surface area contributed by atoms with Crippen LogP contribution in [0.3, 0.4) is 0 Å². The SMILES string of the molecule is N#Cc1cc2c(nc1SCCC(=O)Nc1ccc3ccccc3c1)CCCCCC2. The van der Waals surface area contributed by atoms with Crippen molar-refractivity contribution >= 4 is 34.1 Å². The average Bonchev–Trinajstić information content (AvgIpc) is 2.74. The topological polar surface area (TPSA) is 65.8 Å². The van der Waals surface area contributed by atoms with E-state index in [1.807, 2.05) is 42.5 Å². The monoisotopic (exact) mass is 415 g/mol. The molecule has 4 rings (SSSR count). The van der Waals surface area contributed by atoms with Gasteiger partial charge in [-0.25, -0.2) is 4.98 Å². The summed E-state index contributed by atoms with van der Waals surface area (Å²) < 4.78 is 0. The number of benzene rings is 2. The number of nitriles is 1. The Balaban J connectivity index is 1.37. The molecule has 1 amide bonds. The zero-order chi connectivity index (χ0) is 20.8. The second-order valence-electron chi connectivity index (χ2n) is 7.68. The molecule has 3 aromatic rings.